The van der Waals surface area contributed by atoms with Gasteiger partial charge in [-0.1, -0.05) is 0 Å². The van der Waals surface area contributed by atoms with E-state index < -0.39 is 5.97 Å². The first-order valence-corrected chi connectivity index (χ1v) is 8.14. The maximum absolute atomic E-state index is 12.0. The van der Waals surface area contributed by atoms with Crippen LogP contribution in [0.3, 0.4) is 0 Å². The van der Waals surface area contributed by atoms with Crippen LogP contribution in [0.1, 0.15) is 25.2 Å². The van der Waals surface area contributed by atoms with Crippen molar-refractivity contribution in [2.45, 2.75) is 6.54 Å². The highest BCUT2D eigenvalue weighted by Gasteiger charge is 2.13. The van der Waals surface area contributed by atoms with Gasteiger partial charge in [0.1, 0.15) is 5.01 Å². The highest BCUT2D eigenvalue weighted by molar-refractivity contribution is 7.27. The predicted octanol–water partition coefficient (Wildman–Crippen LogP) is 3.05. The lowest BCUT2D eigenvalue weighted by Gasteiger charge is -1.99. The number of aromatic nitrogens is 1. The number of fused-ring (bicyclic) bond motifs is 1. The predicted molar refractivity (Wildman–Crippen MR) is 79.9 cm³/mol. The largest absolute Gasteiger partial charge is 0.476 e. The Morgan fingerprint density at radius 3 is 2.85 bits per heavy atom. The summed E-state index contributed by atoms with van der Waals surface area (Å²) in [5, 5.41) is 15.6. The van der Waals surface area contributed by atoms with E-state index in [1.807, 2.05) is 17.5 Å². The third-order valence-electron chi connectivity index (χ3n) is 2.53. The van der Waals surface area contributed by atoms with Gasteiger partial charge < -0.3 is 10.4 Å². The second-order valence-corrected chi connectivity index (χ2v) is 6.85. The minimum absolute atomic E-state index is 0.0101. The summed E-state index contributed by atoms with van der Waals surface area (Å²) in [4.78, 5) is 27.3. The van der Waals surface area contributed by atoms with E-state index in [-0.39, 0.29) is 18.1 Å². The number of carboxylic acid groups (broad SMARTS) is 1. The number of amides is 1. The van der Waals surface area contributed by atoms with Gasteiger partial charge in [-0.2, -0.15) is 0 Å². The third-order valence-corrected chi connectivity index (χ3v) is 5.48. The van der Waals surface area contributed by atoms with Crippen LogP contribution in [0.15, 0.2) is 22.9 Å². The van der Waals surface area contributed by atoms with Gasteiger partial charge in [0.25, 0.3) is 5.91 Å². The van der Waals surface area contributed by atoms with Gasteiger partial charge in [0, 0.05) is 14.8 Å². The van der Waals surface area contributed by atoms with Crippen LogP contribution < -0.4 is 5.32 Å². The summed E-state index contributed by atoms with van der Waals surface area (Å²) in [6, 6.07) is 3.85. The fraction of sp³-hybridized carbons (Fsp3) is 0.0833. The molecular weight excluding hydrogens is 316 g/mol. The number of nitrogens with one attached hydrogen (secondary N) is 1. The Morgan fingerprint density at radius 2 is 2.15 bits per heavy atom. The lowest BCUT2D eigenvalue weighted by atomic mass is 10.4. The quantitative estimate of drug-likeness (QED) is 0.773. The molecule has 0 bridgehead atoms. The molecule has 0 saturated heterocycles. The van der Waals surface area contributed by atoms with E-state index >= 15 is 0 Å². The lowest BCUT2D eigenvalue weighted by molar-refractivity contribution is 0.0691. The molecule has 0 aromatic carbocycles. The first-order valence-electron chi connectivity index (χ1n) is 5.56. The van der Waals surface area contributed by atoms with Gasteiger partial charge >= 0.3 is 5.97 Å². The average Bonchev–Trinajstić information content (AvgIpc) is 3.10. The van der Waals surface area contributed by atoms with Crippen LogP contribution in [0.2, 0.25) is 0 Å². The number of carboxylic acids is 1. The van der Waals surface area contributed by atoms with Crippen LogP contribution in [0.4, 0.5) is 0 Å². The zero-order valence-electron chi connectivity index (χ0n) is 9.95. The summed E-state index contributed by atoms with van der Waals surface area (Å²) in [6.45, 7) is 0.238. The first kappa shape index (κ1) is 13.2. The zero-order valence-corrected chi connectivity index (χ0v) is 12.4. The van der Waals surface area contributed by atoms with Crippen LogP contribution >= 0.6 is 34.0 Å². The van der Waals surface area contributed by atoms with Gasteiger partial charge in [0.2, 0.25) is 0 Å². The van der Waals surface area contributed by atoms with E-state index in [9.17, 15) is 9.59 Å². The molecule has 0 saturated carbocycles. The highest BCUT2D eigenvalue weighted by Crippen LogP contribution is 2.29. The van der Waals surface area contributed by atoms with Gasteiger partial charge in [0.05, 0.1) is 11.4 Å². The van der Waals surface area contributed by atoms with Crippen molar-refractivity contribution >= 4 is 55.3 Å². The smallest absolute Gasteiger partial charge is 0.355 e. The molecule has 8 heteroatoms. The summed E-state index contributed by atoms with van der Waals surface area (Å²) in [5.41, 5.74) is 0.0101. The molecule has 2 N–H and O–H groups in total. The molecule has 3 aromatic heterocycles. The summed E-state index contributed by atoms with van der Waals surface area (Å²) < 4.78 is 2.20. The fourth-order valence-corrected chi connectivity index (χ4v) is 4.34. The Bertz CT molecular complexity index is 758. The number of hydrogen-bond donors (Lipinski definition) is 2. The van der Waals surface area contributed by atoms with E-state index in [4.69, 9.17) is 5.11 Å². The Kier molecular flexibility index (Phi) is 3.51. The maximum Gasteiger partial charge on any atom is 0.355 e. The number of thiophene rings is 2. The Labute approximate surface area is 125 Å². The molecule has 5 nitrogen and oxygen atoms in total. The minimum atomic E-state index is -1.06. The van der Waals surface area contributed by atoms with Gasteiger partial charge in [-0.3, -0.25) is 4.79 Å². The molecule has 3 rings (SSSR count). The SMILES string of the molecule is O=C(O)c1csc(CNC(=O)c2cc3sccc3s2)n1. The van der Waals surface area contributed by atoms with Crippen molar-refractivity contribution in [2.24, 2.45) is 0 Å². The van der Waals surface area contributed by atoms with Gasteiger partial charge in [-0.05, 0) is 17.5 Å². The van der Waals surface area contributed by atoms with E-state index in [1.54, 1.807) is 11.3 Å². The molecule has 102 valence electrons. The Balaban J connectivity index is 1.66. The number of rotatable bonds is 4. The molecule has 0 unspecified atom stereocenters. The monoisotopic (exact) mass is 324 g/mol. The van der Waals surface area contributed by atoms with Crippen LogP contribution in [0.25, 0.3) is 9.40 Å². The molecule has 20 heavy (non-hydrogen) atoms. The second kappa shape index (κ2) is 5.31. The number of thiazole rings is 1. The fourth-order valence-electron chi connectivity index (χ4n) is 1.61. The van der Waals surface area contributed by atoms with Crippen molar-refractivity contribution in [1.29, 1.82) is 0 Å². The number of carbonyl (C=O) groups excluding carboxylic acids is 1. The van der Waals surface area contributed by atoms with Gasteiger partial charge in [-0.15, -0.1) is 34.0 Å². The van der Waals surface area contributed by atoms with Crippen molar-refractivity contribution in [2.75, 3.05) is 0 Å². The number of hydrogen-bond acceptors (Lipinski definition) is 6. The molecule has 3 aromatic rings. The normalized spacial score (nSPS) is 10.8. The number of aromatic carboxylic acids is 1. The van der Waals surface area contributed by atoms with Crippen molar-refractivity contribution in [1.82, 2.24) is 10.3 Å². The zero-order chi connectivity index (χ0) is 14.1. The number of carbonyl (C=O) groups is 2. The Morgan fingerprint density at radius 1 is 1.30 bits per heavy atom. The molecule has 3 heterocycles. The lowest BCUT2D eigenvalue weighted by Crippen LogP contribution is -2.21. The first-order chi connectivity index (χ1) is 9.63. The molecule has 0 spiro atoms. The van der Waals surface area contributed by atoms with E-state index in [2.05, 4.69) is 10.3 Å². The highest BCUT2D eigenvalue weighted by atomic mass is 32.1. The van der Waals surface area contributed by atoms with E-state index in [0.717, 1.165) is 9.40 Å². The standard InChI is InChI=1S/C12H8N2O3S3/c15-11(9-3-8-7(20-9)1-2-18-8)13-4-10-14-6(5-19-10)12(16)17/h1-3,5H,4H2,(H,13,15)(H,16,17). The van der Waals surface area contributed by atoms with Crippen LogP contribution in [-0.2, 0) is 6.54 Å². The van der Waals surface area contributed by atoms with Crippen molar-refractivity contribution in [3.8, 4) is 0 Å². The molecule has 0 atom stereocenters. The van der Waals surface area contributed by atoms with Crippen molar-refractivity contribution in [3.63, 3.8) is 0 Å². The van der Waals surface area contributed by atoms with Crippen LogP contribution in [-0.4, -0.2) is 22.0 Å². The summed E-state index contributed by atoms with van der Waals surface area (Å²) in [5.74, 6) is -1.22. The summed E-state index contributed by atoms with van der Waals surface area (Å²) in [6.07, 6.45) is 0. The molecular formula is C12H8N2O3S3. The maximum atomic E-state index is 12.0. The number of nitrogens with zero attached hydrogens (tertiary/aromatic N) is 1. The van der Waals surface area contributed by atoms with E-state index in [0.29, 0.717) is 9.88 Å². The summed E-state index contributed by atoms with van der Waals surface area (Å²) in [7, 11) is 0. The van der Waals surface area contributed by atoms with Crippen molar-refractivity contribution < 1.29 is 14.7 Å². The average molecular weight is 324 g/mol. The third kappa shape index (κ3) is 2.58. The van der Waals surface area contributed by atoms with E-state index in [1.165, 1.54) is 28.1 Å². The van der Waals surface area contributed by atoms with Gasteiger partial charge in [-0.25, -0.2) is 9.78 Å². The second-order valence-electron chi connectivity index (χ2n) is 3.87. The molecule has 0 radical (unpaired) electrons. The molecule has 0 aliphatic heterocycles. The topological polar surface area (TPSA) is 79.3 Å². The van der Waals surface area contributed by atoms with Crippen LogP contribution in [0.5, 0.6) is 0 Å². The summed E-state index contributed by atoms with van der Waals surface area (Å²) >= 11 is 4.27. The molecule has 0 fully saturated rings. The van der Waals surface area contributed by atoms with Crippen LogP contribution in [0, 0.1) is 0 Å². The molecule has 1 amide bonds. The molecule has 0 aliphatic carbocycles. The minimum Gasteiger partial charge on any atom is -0.476 e. The molecule has 0 aliphatic rings. The Hall–Kier alpha value is -1.77. The van der Waals surface area contributed by atoms with Gasteiger partial charge in [0.15, 0.2) is 5.69 Å². The van der Waals surface area contributed by atoms with Crippen molar-refractivity contribution in [3.05, 3.63) is 38.5 Å².